The Bertz CT molecular complexity index is 1140. The van der Waals surface area contributed by atoms with Gasteiger partial charge in [-0.2, -0.15) is 0 Å². The number of carbonyl (C=O) groups excluding carboxylic acids is 1. The zero-order valence-electron chi connectivity index (χ0n) is 16.2. The van der Waals surface area contributed by atoms with E-state index in [0.29, 0.717) is 22.2 Å². The summed E-state index contributed by atoms with van der Waals surface area (Å²) in [6.45, 7) is 4.55. The van der Waals surface area contributed by atoms with Gasteiger partial charge in [0.1, 0.15) is 11.5 Å². The maximum absolute atomic E-state index is 13.2. The highest BCUT2D eigenvalue weighted by molar-refractivity contribution is 6.05. The molecule has 0 atom stereocenters. The first-order chi connectivity index (χ1) is 13.8. The Morgan fingerprint density at radius 1 is 1.03 bits per heavy atom. The average molecular weight is 421 g/mol. The predicted octanol–water partition coefficient (Wildman–Crippen LogP) is 4.60. The molecule has 1 heterocycles. The molecule has 0 radical (unpaired) electrons. The van der Waals surface area contributed by atoms with Gasteiger partial charge < -0.3 is 14.9 Å². The number of carboxylic acid groups (broad SMARTS) is 1. The summed E-state index contributed by atoms with van der Waals surface area (Å²) >= 11 is 0. The number of alkyl halides is 3. The van der Waals surface area contributed by atoms with Gasteiger partial charge in [-0.3, -0.25) is 14.2 Å². The summed E-state index contributed by atoms with van der Waals surface area (Å²) in [5.74, 6) is -2.24. The van der Waals surface area contributed by atoms with Crippen molar-refractivity contribution in [2.45, 2.75) is 32.5 Å². The summed E-state index contributed by atoms with van der Waals surface area (Å²) in [7, 11) is 0. The normalized spacial score (nSPS) is 12.2. The molecule has 0 bridgehead atoms. The van der Waals surface area contributed by atoms with Gasteiger partial charge in [-0.15, -0.1) is 13.2 Å². The lowest BCUT2D eigenvalue weighted by atomic mass is 9.83. The number of phenolic OH excluding ortho intramolecular Hbond substituents is 1. The first kappa shape index (κ1) is 21.2. The minimum absolute atomic E-state index is 0.0808. The van der Waals surface area contributed by atoms with Crippen LogP contribution in [-0.2, 0) is 10.2 Å². The summed E-state index contributed by atoms with van der Waals surface area (Å²) in [4.78, 5) is 25.0. The molecule has 0 aliphatic heterocycles. The van der Waals surface area contributed by atoms with Crippen LogP contribution in [0.25, 0.3) is 10.9 Å². The number of ether oxygens (including phenoxy) is 1. The lowest BCUT2D eigenvalue weighted by molar-refractivity contribution is -0.274. The number of phenols is 1. The van der Waals surface area contributed by atoms with Crippen molar-refractivity contribution in [3.63, 3.8) is 0 Å². The maximum atomic E-state index is 13.2. The van der Waals surface area contributed by atoms with Gasteiger partial charge in [0.2, 0.25) is 0 Å². The minimum atomic E-state index is -4.85. The van der Waals surface area contributed by atoms with Gasteiger partial charge in [0.05, 0.1) is 10.9 Å². The molecule has 30 heavy (non-hydrogen) atoms. The number of nitrogens with zero attached hydrogens (tertiary/aromatic N) is 1. The SMILES string of the molecule is Cc1c(C(C)(C)C(=O)O)c2cc(O)ccc2n1C(=O)c1ccc(OC(F)(F)F)cc1. The average Bonchev–Trinajstić information content (AvgIpc) is 2.91. The lowest BCUT2D eigenvalue weighted by Gasteiger charge is -2.20. The van der Waals surface area contributed by atoms with Crippen molar-refractivity contribution in [2.24, 2.45) is 0 Å². The zero-order valence-corrected chi connectivity index (χ0v) is 16.2. The standard InChI is InChI=1S/C21H18F3NO5/c1-11-17(20(2,3)19(28)29)15-10-13(26)6-9-16(15)25(11)18(27)12-4-7-14(8-5-12)30-21(22,23)24/h4-10,26H,1-3H3,(H,28,29). The monoisotopic (exact) mass is 421 g/mol. The Labute approximate surface area is 169 Å². The number of hydrogen-bond donors (Lipinski definition) is 2. The molecule has 3 rings (SSSR count). The van der Waals surface area contributed by atoms with Crippen LogP contribution in [0.15, 0.2) is 42.5 Å². The second-order valence-electron chi connectivity index (χ2n) is 7.30. The molecule has 0 amide bonds. The third-order valence-corrected chi connectivity index (χ3v) is 4.89. The molecule has 0 fully saturated rings. The highest BCUT2D eigenvalue weighted by Gasteiger charge is 2.36. The van der Waals surface area contributed by atoms with Crippen LogP contribution in [0.3, 0.4) is 0 Å². The van der Waals surface area contributed by atoms with E-state index in [2.05, 4.69) is 4.74 Å². The third kappa shape index (κ3) is 3.70. The van der Waals surface area contributed by atoms with Crippen LogP contribution in [0.4, 0.5) is 13.2 Å². The van der Waals surface area contributed by atoms with Crippen molar-refractivity contribution in [3.8, 4) is 11.5 Å². The number of rotatable bonds is 4. The summed E-state index contributed by atoms with van der Waals surface area (Å²) in [5, 5.41) is 20.0. The van der Waals surface area contributed by atoms with Gasteiger partial charge in [-0.05, 0) is 68.8 Å². The van der Waals surface area contributed by atoms with Crippen molar-refractivity contribution in [2.75, 3.05) is 0 Å². The summed E-state index contributed by atoms with van der Waals surface area (Å²) in [6, 6.07) is 8.66. The molecule has 2 aromatic carbocycles. The van der Waals surface area contributed by atoms with Gasteiger partial charge in [-0.25, -0.2) is 0 Å². The Hall–Kier alpha value is -3.49. The number of aromatic nitrogens is 1. The highest BCUT2D eigenvalue weighted by atomic mass is 19.4. The quantitative estimate of drug-likeness (QED) is 0.643. The molecule has 2 N–H and O–H groups in total. The molecule has 9 heteroatoms. The van der Waals surface area contributed by atoms with Gasteiger partial charge in [0, 0.05) is 16.6 Å². The Balaban J connectivity index is 2.16. The minimum Gasteiger partial charge on any atom is -0.508 e. The first-order valence-corrected chi connectivity index (χ1v) is 8.81. The number of carbonyl (C=O) groups is 2. The third-order valence-electron chi connectivity index (χ3n) is 4.89. The van der Waals surface area contributed by atoms with E-state index < -0.39 is 29.4 Å². The van der Waals surface area contributed by atoms with Crippen LogP contribution >= 0.6 is 0 Å². The number of aromatic hydroxyl groups is 1. The molecular formula is C21H18F3NO5. The van der Waals surface area contributed by atoms with Crippen LogP contribution in [-0.4, -0.2) is 33.0 Å². The molecule has 6 nitrogen and oxygen atoms in total. The Kier molecular flexibility index (Phi) is 5.01. The van der Waals surface area contributed by atoms with E-state index in [0.717, 1.165) is 12.1 Å². The van der Waals surface area contributed by atoms with Crippen LogP contribution < -0.4 is 4.74 Å². The number of halogens is 3. The first-order valence-electron chi connectivity index (χ1n) is 8.81. The second kappa shape index (κ2) is 7.08. The van der Waals surface area contributed by atoms with Crippen molar-refractivity contribution in [1.29, 1.82) is 0 Å². The smallest absolute Gasteiger partial charge is 0.508 e. The topological polar surface area (TPSA) is 88.8 Å². The molecule has 0 aliphatic carbocycles. The largest absolute Gasteiger partial charge is 0.573 e. The molecule has 1 aromatic heterocycles. The number of carboxylic acids is 1. The molecule has 0 aliphatic rings. The fraction of sp³-hybridized carbons (Fsp3) is 0.238. The number of hydrogen-bond acceptors (Lipinski definition) is 4. The molecule has 0 saturated carbocycles. The van der Waals surface area contributed by atoms with E-state index in [1.807, 2.05) is 0 Å². The predicted molar refractivity (Wildman–Crippen MR) is 102 cm³/mol. The molecule has 0 saturated heterocycles. The Morgan fingerprint density at radius 2 is 1.63 bits per heavy atom. The van der Waals surface area contributed by atoms with Gasteiger partial charge in [-0.1, -0.05) is 0 Å². The molecule has 158 valence electrons. The summed E-state index contributed by atoms with van der Waals surface area (Å²) in [5.41, 5.74) is -0.214. The number of fused-ring (bicyclic) bond motifs is 1. The second-order valence-corrected chi connectivity index (χ2v) is 7.30. The number of benzene rings is 2. The molecule has 0 unspecified atom stereocenters. The number of aliphatic carboxylic acids is 1. The van der Waals surface area contributed by atoms with Crippen LogP contribution in [0.1, 0.15) is 35.5 Å². The van der Waals surface area contributed by atoms with E-state index in [4.69, 9.17) is 0 Å². The molecular weight excluding hydrogens is 403 g/mol. The van der Waals surface area contributed by atoms with Gasteiger partial charge >= 0.3 is 12.3 Å². The van der Waals surface area contributed by atoms with Crippen molar-refractivity contribution >= 4 is 22.8 Å². The van der Waals surface area contributed by atoms with E-state index in [9.17, 15) is 33.0 Å². The van der Waals surface area contributed by atoms with E-state index >= 15 is 0 Å². The fourth-order valence-corrected chi connectivity index (χ4v) is 3.49. The summed E-state index contributed by atoms with van der Waals surface area (Å²) < 4.78 is 42.1. The van der Waals surface area contributed by atoms with Crippen molar-refractivity contribution in [3.05, 3.63) is 59.3 Å². The fourth-order valence-electron chi connectivity index (χ4n) is 3.49. The lowest BCUT2D eigenvalue weighted by Crippen LogP contribution is -2.29. The van der Waals surface area contributed by atoms with Crippen LogP contribution in [0.2, 0.25) is 0 Å². The van der Waals surface area contributed by atoms with Crippen molar-refractivity contribution in [1.82, 2.24) is 4.57 Å². The van der Waals surface area contributed by atoms with Gasteiger partial charge in [0.25, 0.3) is 5.91 Å². The van der Waals surface area contributed by atoms with E-state index in [1.54, 1.807) is 6.92 Å². The maximum Gasteiger partial charge on any atom is 0.573 e. The van der Waals surface area contributed by atoms with E-state index in [1.165, 1.54) is 48.7 Å². The highest BCUT2D eigenvalue weighted by Crippen LogP contribution is 2.38. The molecule has 3 aromatic rings. The van der Waals surface area contributed by atoms with E-state index in [-0.39, 0.29) is 11.3 Å². The van der Waals surface area contributed by atoms with Crippen molar-refractivity contribution < 1.29 is 37.7 Å². The zero-order chi connectivity index (χ0) is 22.4. The van der Waals surface area contributed by atoms with Crippen LogP contribution in [0, 0.1) is 6.92 Å². The molecule has 0 spiro atoms. The summed E-state index contributed by atoms with van der Waals surface area (Å²) in [6.07, 6.45) is -4.85. The van der Waals surface area contributed by atoms with Gasteiger partial charge in [0.15, 0.2) is 0 Å². The van der Waals surface area contributed by atoms with Crippen LogP contribution in [0.5, 0.6) is 11.5 Å². The Morgan fingerprint density at radius 3 is 2.17 bits per heavy atom.